The molecule has 0 aromatic carbocycles. The maximum absolute atomic E-state index is 11.6. The molecule has 0 bridgehead atoms. The van der Waals surface area contributed by atoms with Crippen LogP contribution in [0.15, 0.2) is 0 Å². The topological polar surface area (TPSA) is 38.8 Å². The molecule has 1 unspecified atom stereocenters. The molecule has 1 rings (SSSR count). The minimum atomic E-state index is -0.113. The minimum Gasteiger partial charge on any atom is -0.468 e. The monoisotopic (exact) mass is 215 g/mol. The van der Waals surface area contributed by atoms with E-state index in [0.717, 1.165) is 25.8 Å². The van der Waals surface area contributed by atoms with E-state index in [1.54, 1.807) is 7.11 Å². The highest BCUT2D eigenvalue weighted by atomic mass is 16.5. The summed E-state index contributed by atoms with van der Waals surface area (Å²) in [5, 5.41) is 0. The number of hydrogen-bond acceptors (Lipinski definition) is 4. The van der Waals surface area contributed by atoms with Crippen LogP contribution < -0.4 is 0 Å². The first-order valence-electron chi connectivity index (χ1n) is 5.53. The van der Waals surface area contributed by atoms with Crippen LogP contribution in [-0.2, 0) is 14.3 Å². The number of esters is 1. The molecule has 4 heteroatoms. The van der Waals surface area contributed by atoms with Crippen LogP contribution in [0.5, 0.6) is 0 Å². The van der Waals surface area contributed by atoms with Gasteiger partial charge in [0.05, 0.1) is 13.7 Å². The maximum Gasteiger partial charge on any atom is 0.323 e. The van der Waals surface area contributed by atoms with Crippen LogP contribution in [0.2, 0.25) is 0 Å². The van der Waals surface area contributed by atoms with Crippen molar-refractivity contribution in [3.63, 3.8) is 0 Å². The fourth-order valence-electron chi connectivity index (χ4n) is 2.21. The normalized spacial score (nSPS) is 24.9. The molecule has 0 N–H and O–H groups in total. The molecule has 1 aliphatic heterocycles. The molecule has 0 aromatic heterocycles. The lowest BCUT2D eigenvalue weighted by atomic mass is 10.0. The molecule has 0 amide bonds. The standard InChI is InChI=1S/C11H21NO3/c1-9(8-14-2)12-7-5-4-6-10(12)11(13)15-3/h9-10H,4-8H2,1-3H3/t9?,10-/m1/s1. The number of hydrogen-bond donors (Lipinski definition) is 0. The van der Waals surface area contributed by atoms with Gasteiger partial charge < -0.3 is 9.47 Å². The zero-order chi connectivity index (χ0) is 11.3. The summed E-state index contributed by atoms with van der Waals surface area (Å²) in [5.74, 6) is -0.113. The van der Waals surface area contributed by atoms with Gasteiger partial charge in [0.25, 0.3) is 0 Å². The highest BCUT2D eigenvalue weighted by Crippen LogP contribution is 2.20. The lowest BCUT2D eigenvalue weighted by molar-refractivity contribution is -0.149. The van der Waals surface area contributed by atoms with Gasteiger partial charge in [-0.2, -0.15) is 0 Å². The summed E-state index contributed by atoms with van der Waals surface area (Å²) in [6.07, 6.45) is 3.16. The Morgan fingerprint density at radius 1 is 1.47 bits per heavy atom. The van der Waals surface area contributed by atoms with Crippen molar-refractivity contribution in [1.82, 2.24) is 4.90 Å². The van der Waals surface area contributed by atoms with E-state index in [9.17, 15) is 4.79 Å². The predicted octanol–water partition coefficient (Wildman–Crippen LogP) is 1.05. The number of carbonyl (C=O) groups excluding carboxylic acids is 1. The van der Waals surface area contributed by atoms with Gasteiger partial charge in [-0.15, -0.1) is 0 Å². The first-order valence-corrected chi connectivity index (χ1v) is 5.53. The molecule has 1 saturated heterocycles. The van der Waals surface area contributed by atoms with Crippen LogP contribution >= 0.6 is 0 Å². The second kappa shape index (κ2) is 6.08. The van der Waals surface area contributed by atoms with Gasteiger partial charge in [0, 0.05) is 13.2 Å². The first kappa shape index (κ1) is 12.5. The van der Waals surface area contributed by atoms with Gasteiger partial charge in [0.2, 0.25) is 0 Å². The summed E-state index contributed by atoms with van der Waals surface area (Å²) >= 11 is 0. The van der Waals surface area contributed by atoms with E-state index in [1.807, 2.05) is 0 Å². The summed E-state index contributed by atoms with van der Waals surface area (Å²) in [6.45, 7) is 3.71. The van der Waals surface area contributed by atoms with Crippen LogP contribution in [0.4, 0.5) is 0 Å². The summed E-state index contributed by atoms with van der Waals surface area (Å²) in [6, 6.07) is 0.202. The number of piperidine rings is 1. The van der Waals surface area contributed by atoms with E-state index < -0.39 is 0 Å². The number of ether oxygens (including phenoxy) is 2. The quantitative estimate of drug-likeness (QED) is 0.657. The molecule has 1 fully saturated rings. The Balaban J connectivity index is 2.60. The van der Waals surface area contributed by atoms with Crippen molar-refractivity contribution in [2.75, 3.05) is 27.4 Å². The second-order valence-corrected chi connectivity index (χ2v) is 4.08. The third-order valence-electron chi connectivity index (χ3n) is 2.99. The minimum absolute atomic E-state index is 0.0751. The smallest absolute Gasteiger partial charge is 0.323 e. The Hall–Kier alpha value is -0.610. The van der Waals surface area contributed by atoms with Gasteiger partial charge in [-0.25, -0.2) is 0 Å². The number of rotatable bonds is 4. The molecular weight excluding hydrogens is 194 g/mol. The fraction of sp³-hybridized carbons (Fsp3) is 0.909. The lowest BCUT2D eigenvalue weighted by Crippen LogP contribution is -2.50. The molecule has 4 nitrogen and oxygen atoms in total. The lowest BCUT2D eigenvalue weighted by Gasteiger charge is -2.37. The molecule has 2 atom stereocenters. The molecule has 1 aliphatic rings. The van der Waals surface area contributed by atoms with Gasteiger partial charge in [-0.05, 0) is 26.3 Å². The maximum atomic E-state index is 11.6. The summed E-state index contributed by atoms with van der Waals surface area (Å²) in [7, 11) is 3.14. The molecule has 0 aromatic rings. The van der Waals surface area contributed by atoms with Gasteiger partial charge in [-0.1, -0.05) is 6.42 Å². The molecule has 0 spiro atoms. The number of carbonyl (C=O) groups is 1. The number of nitrogens with zero attached hydrogens (tertiary/aromatic N) is 1. The largest absolute Gasteiger partial charge is 0.468 e. The van der Waals surface area contributed by atoms with Gasteiger partial charge in [-0.3, -0.25) is 9.69 Å². The average molecular weight is 215 g/mol. The van der Waals surface area contributed by atoms with Crippen LogP contribution in [0.3, 0.4) is 0 Å². The Morgan fingerprint density at radius 3 is 2.80 bits per heavy atom. The number of likely N-dealkylation sites (tertiary alicyclic amines) is 1. The third-order valence-corrected chi connectivity index (χ3v) is 2.99. The summed E-state index contributed by atoms with van der Waals surface area (Å²) in [4.78, 5) is 13.8. The molecular formula is C11H21NO3. The first-order chi connectivity index (χ1) is 7.20. The van der Waals surface area contributed by atoms with E-state index in [0.29, 0.717) is 6.61 Å². The van der Waals surface area contributed by atoms with E-state index in [-0.39, 0.29) is 18.1 Å². The van der Waals surface area contributed by atoms with E-state index in [4.69, 9.17) is 9.47 Å². The van der Waals surface area contributed by atoms with Crippen molar-refractivity contribution in [2.45, 2.75) is 38.3 Å². The molecule has 0 aliphatic carbocycles. The zero-order valence-corrected chi connectivity index (χ0v) is 9.86. The third kappa shape index (κ3) is 3.18. The Bertz CT molecular complexity index is 208. The molecule has 88 valence electrons. The van der Waals surface area contributed by atoms with Crippen LogP contribution in [0.25, 0.3) is 0 Å². The average Bonchev–Trinajstić information content (AvgIpc) is 2.28. The predicted molar refractivity (Wildman–Crippen MR) is 57.7 cm³/mol. The van der Waals surface area contributed by atoms with Crippen LogP contribution in [0.1, 0.15) is 26.2 Å². The van der Waals surface area contributed by atoms with Gasteiger partial charge in [0.1, 0.15) is 6.04 Å². The molecule has 1 heterocycles. The summed E-state index contributed by atoms with van der Waals surface area (Å²) in [5.41, 5.74) is 0. The van der Waals surface area contributed by atoms with Crippen molar-refractivity contribution in [3.8, 4) is 0 Å². The van der Waals surface area contributed by atoms with Crippen molar-refractivity contribution >= 4 is 5.97 Å². The van der Waals surface area contributed by atoms with E-state index in [2.05, 4.69) is 11.8 Å². The second-order valence-electron chi connectivity index (χ2n) is 4.08. The van der Waals surface area contributed by atoms with E-state index in [1.165, 1.54) is 7.11 Å². The van der Waals surface area contributed by atoms with Crippen molar-refractivity contribution < 1.29 is 14.3 Å². The molecule has 0 radical (unpaired) electrons. The molecule has 15 heavy (non-hydrogen) atoms. The summed E-state index contributed by atoms with van der Waals surface area (Å²) < 4.78 is 9.95. The number of methoxy groups -OCH3 is 2. The highest BCUT2D eigenvalue weighted by Gasteiger charge is 2.32. The Kier molecular flexibility index (Phi) is 5.05. The zero-order valence-electron chi connectivity index (χ0n) is 9.86. The van der Waals surface area contributed by atoms with Crippen molar-refractivity contribution in [2.24, 2.45) is 0 Å². The van der Waals surface area contributed by atoms with Crippen molar-refractivity contribution in [1.29, 1.82) is 0 Å². The van der Waals surface area contributed by atoms with Crippen LogP contribution in [-0.4, -0.2) is 50.3 Å². The Morgan fingerprint density at radius 2 is 2.20 bits per heavy atom. The molecule has 0 saturated carbocycles. The Labute approximate surface area is 91.5 Å². The fourth-order valence-corrected chi connectivity index (χ4v) is 2.21. The van der Waals surface area contributed by atoms with E-state index >= 15 is 0 Å². The SMILES string of the molecule is COCC(C)N1CCCC[C@@H]1C(=O)OC. The van der Waals surface area contributed by atoms with Crippen molar-refractivity contribution in [3.05, 3.63) is 0 Å². The van der Waals surface area contributed by atoms with Gasteiger partial charge in [0.15, 0.2) is 0 Å². The van der Waals surface area contributed by atoms with Gasteiger partial charge >= 0.3 is 5.97 Å². The highest BCUT2D eigenvalue weighted by molar-refractivity contribution is 5.75. The van der Waals surface area contributed by atoms with Crippen LogP contribution in [0, 0.1) is 0 Å².